The number of guanidine groups is 1. The lowest BCUT2D eigenvalue weighted by Crippen LogP contribution is -2.38. The SMILES string of the molecule is CN=C(NCCc1nc(C)c(C)s1)NCc1ncc(C)c(OC)c1C.I. The van der Waals surface area contributed by atoms with E-state index in [1.165, 1.54) is 4.88 Å². The largest absolute Gasteiger partial charge is 0.496 e. The quantitative estimate of drug-likeness (QED) is 0.370. The number of pyridine rings is 1. The van der Waals surface area contributed by atoms with Crippen molar-refractivity contribution in [2.45, 2.75) is 40.7 Å². The van der Waals surface area contributed by atoms with Crippen LogP contribution in [-0.4, -0.2) is 36.6 Å². The lowest BCUT2D eigenvalue weighted by molar-refractivity contribution is 0.406. The zero-order valence-corrected chi connectivity index (χ0v) is 19.4. The van der Waals surface area contributed by atoms with Crippen LogP contribution in [0, 0.1) is 27.7 Å². The number of ether oxygens (including phenoxy) is 1. The Kier molecular flexibility index (Phi) is 9.28. The van der Waals surface area contributed by atoms with Crippen molar-refractivity contribution in [3.63, 3.8) is 0 Å². The molecule has 0 unspecified atom stereocenters. The van der Waals surface area contributed by atoms with Crippen molar-refractivity contribution in [2.75, 3.05) is 20.7 Å². The first-order valence-corrected chi connectivity index (χ1v) is 9.14. The molecule has 2 aromatic heterocycles. The number of methoxy groups -OCH3 is 1. The number of rotatable bonds is 6. The Labute approximate surface area is 176 Å². The molecule has 26 heavy (non-hydrogen) atoms. The van der Waals surface area contributed by atoms with E-state index in [9.17, 15) is 0 Å². The van der Waals surface area contributed by atoms with Gasteiger partial charge in [0.2, 0.25) is 0 Å². The fourth-order valence-corrected chi connectivity index (χ4v) is 3.50. The van der Waals surface area contributed by atoms with Crippen molar-refractivity contribution in [2.24, 2.45) is 4.99 Å². The van der Waals surface area contributed by atoms with Crippen LogP contribution in [0.15, 0.2) is 11.2 Å². The topological polar surface area (TPSA) is 71.4 Å². The molecule has 2 rings (SSSR count). The van der Waals surface area contributed by atoms with E-state index < -0.39 is 0 Å². The van der Waals surface area contributed by atoms with E-state index in [-0.39, 0.29) is 24.0 Å². The Morgan fingerprint density at radius 1 is 1.23 bits per heavy atom. The second-order valence-electron chi connectivity index (χ2n) is 5.90. The van der Waals surface area contributed by atoms with E-state index in [1.807, 2.05) is 20.0 Å². The van der Waals surface area contributed by atoms with Crippen molar-refractivity contribution >= 4 is 41.3 Å². The van der Waals surface area contributed by atoms with Crippen LogP contribution in [0.3, 0.4) is 0 Å². The number of hydrogen-bond donors (Lipinski definition) is 2. The minimum atomic E-state index is 0. The van der Waals surface area contributed by atoms with E-state index in [4.69, 9.17) is 4.74 Å². The van der Waals surface area contributed by atoms with Gasteiger partial charge in [-0.25, -0.2) is 4.98 Å². The van der Waals surface area contributed by atoms with Gasteiger partial charge in [0.1, 0.15) is 5.75 Å². The number of aryl methyl sites for hydroxylation is 3. The lowest BCUT2D eigenvalue weighted by Gasteiger charge is -2.15. The third-order valence-corrected chi connectivity index (χ3v) is 5.23. The number of nitrogens with zero attached hydrogens (tertiary/aromatic N) is 3. The third-order valence-electron chi connectivity index (χ3n) is 4.10. The van der Waals surface area contributed by atoms with Gasteiger partial charge >= 0.3 is 0 Å². The highest BCUT2D eigenvalue weighted by molar-refractivity contribution is 14.0. The highest BCUT2D eigenvalue weighted by Crippen LogP contribution is 2.23. The molecule has 0 fully saturated rings. The van der Waals surface area contributed by atoms with E-state index >= 15 is 0 Å². The molecule has 0 radical (unpaired) electrons. The highest BCUT2D eigenvalue weighted by atomic mass is 127. The smallest absolute Gasteiger partial charge is 0.191 e. The molecule has 0 aromatic carbocycles. The van der Waals surface area contributed by atoms with E-state index in [2.05, 4.69) is 39.4 Å². The predicted molar refractivity (Wildman–Crippen MR) is 119 cm³/mol. The van der Waals surface area contributed by atoms with Gasteiger partial charge in [-0.2, -0.15) is 0 Å². The van der Waals surface area contributed by atoms with Gasteiger partial charge in [-0.1, -0.05) is 0 Å². The summed E-state index contributed by atoms with van der Waals surface area (Å²) in [5.74, 6) is 1.65. The highest BCUT2D eigenvalue weighted by Gasteiger charge is 2.10. The Morgan fingerprint density at radius 2 is 1.96 bits per heavy atom. The molecule has 6 nitrogen and oxygen atoms in total. The number of thiazole rings is 1. The van der Waals surface area contributed by atoms with Crippen LogP contribution in [-0.2, 0) is 13.0 Å². The maximum absolute atomic E-state index is 5.46. The molecule has 0 aliphatic heterocycles. The maximum Gasteiger partial charge on any atom is 0.191 e. The van der Waals surface area contributed by atoms with Gasteiger partial charge in [-0.3, -0.25) is 9.98 Å². The molecule has 144 valence electrons. The Balaban J connectivity index is 0.00000338. The van der Waals surface area contributed by atoms with E-state index in [0.717, 1.165) is 52.2 Å². The molecular formula is C18H28IN5OS. The molecule has 2 heterocycles. The zero-order valence-electron chi connectivity index (χ0n) is 16.3. The maximum atomic E-state index is 5.46. The van der Waals surface area contributed by atoms with Gasteiger partial charge in [0.15, 0.2) is 5.96 Å². The third kappa shape index (κ3) is 5.80. The number of halogens is 1. The summed E-state index contributed by atoms with van der Waals surface area (Å²) in [6.45, 7) is 9.56. The Hall–Kier alpha value is -1.42. The van der Waals surface area contributed by atoms with Crippen LogP contribution in [0.4, 0.5) is 0 Å². The van der Waals surface area contributed by atoms with Crippen molar-refractivity contribution in [1.29, 1.82) is 0 Å². The van der Waals surface area contributed by atoms with Crippen molar-refractivity contribution < 1.29 is 4.74 Å². The average Bonchev–Trinajstić information content (AvgIpc) is 2.90. The molecule has 0 bridgehead atoms. The van der Waals surface area contributed by atoms with Crippen molar-refractivity contribution in [3.05, 3.63) is 38.6 Å². The van der Waals surface area contributed by atoms with Crippen LogP contribution < -0.4 is 15.4 Å². The molecular weight excluding hydrogens is 461 g/mol. The number of hydrogen-bond acceptors (Lipinski definition) is 5. The molecule has 0 saturated heterocycles. The first-order chi connectivity index (χ1) is 12.0. The van der Waals surface area contributed by atoms with Gasteiger partial charge in [-0.15, -0.1) is 35.3 Å². The van der Waals surface area contributed by atoms with Crippen LogP contribution in [0.2, 0.25) is 0 Å². The predicted octanol–water partition coefficient (Wildman–Crippen LogP) is 3.31. The molecule has 0 atom stereocenters. The summed E-state index contributed by atoms with van der Waals surface area (Å²) in [7, 11) is 3.46. The molecule has 2 aromatic rings. The summed E-state index contributed by atoms with van der Waals surface area (Å²) < 4.78 is 5.46. The Bertz CT molecular complexity index is 741. The van der Waals surface area contributed by atoms with Crippen molar-refractivity contribution in [1.82, 2.24) is 20.6 Å². The summed E-state index contributed by atoms with van der Waals surface area (Å²) in [6.07, 6.45) is 2.72. The van der Waals surface area contributed by atoms with Crippen LogP contribution in [0.25, 0.3) is 0 Å². The minimum absolute atomic E-state index is 0. The van der Waals surface area contributed by atoms with Gasteiger partial charge < -0.3 is 15.4 Å². The molecule has 0 aliphatic carbocycles. The molecule has 2 N–H and O–H groups in total. The van der Waals surface area contributed by atoms with Crippen LogP contribution >= 0.6 is 35.3 Å². The summed E-state index contributed by atoms with van der Waals surface area (Å²) in [6, 6.07) is 0. The summed E-state index contributed by atoms with van der Waals surface area (Å²) in [5, 5.41) is 7.78. The Morgan fingerprint density at radius 3 is 2.54 bits per heavy atom. The first kappa shape index (κ1) is 22.6. The standard InChI is InChI=1S/C18H27N5OS.HI/c1-11-9-21-15(12(2)17(11)24-6)10-22-18(19-5)20-8-7-16-23-13(3)14(4)25-16;/h9H,7-8,10H2,1-6H3,(H2,19,20,22);1H. The van der Waals surface area contributed by atoms with Gasteiger partial charge in [0.05, 0.1) is 30.1 Å². The van der Waals surface area contributed by atoms with E-state index in [1.54, 1.807) is 25.5 Å². The van der Waals surface area contributed by atoms with Crippen LogP contribution in [0.1, 0.15) is 32.4 Å². The summed E-state index contributed by atoms with van der Waals surface area (Å²) >= 11 is 1.76. The second kappa shape index (κ2) is 10.7. The first-order valence-electron chi connectivity index (χ1n) is 8.32. The lowest BCUT2D eigenvalue weighted by atomic mass is 10.1. The van der Waals surface area contributed by atoms with Crippen molar-refractivity contribution in [3.8, 4) is 5.75 Å². The second-order valence-corrected chi connectivity index (χ2v) is 7.19. The van der Waals surface area contributed by atoms with Gasteiger partial charge in [0, 0.05) is 42.2 Å². The number of aliphatic imine (C=N–C) groups is 1. The fraction of sp³-hybridized carbons (Fsp3) is 0.500. The van der Waals surface area contributed by atoms with Gasteiger partial charge in [-0.05, 0) is 27.7 Å². The number of aromatic nitrogens is 2. The molecule has 0 spiro atoms. The molecule has 0 aliphatic rings. The van der Waals surface area contributed by atoms with Gasteiger partial charge in [0.25, 0.3) is 0 Å². The van der Waals surface area contributed by atoms with E-state index in [0.29, 0.717) is 6.54 Å². The summed E-state index contributed by atoms with van der Waals surface area (Å²) in [5.41, 5.74) is 4.17. The minimum Gasteiger partial charge on any atom is -0.496 e. The fourth-order valence-electron chi connectivity index (χ4n) is 2.57. The monoisotopic (exact) mass is 489 g/mol. The molecule has 0 saturated carbocycles. The summed E-state index contributed by atoms with van der Waals surface area (Å²) in [4.78, 5) is 14.6. The zero-order chi connectivity index (χ0) is 18.4. The number of nitrogens with one attached hydrogen (secondary N) is 2. The molecule has 8 heteroatoms. The normalized spacial score (nSPS) is 11.1. The average molecular weight is 489 g/mol. The molecule has 0 amide bonds. The van der Waals surface area contributed by atoms with Crippen LogP contribution in [0.5, 0.6) is 5.75 Å².